The summed E-state index contributed by atoms with van der Waals surface area (Å²) in [6, 6.07) is 10.6. The maximum absolute atomic E-state index is 15.2. The zero-order chi connectivity index (χ0) is 27.1. The highest BCUT2D eigenvalue weighted by Crippen LogP contribution is 2.31. The second-order valence-electron chi connectivity index (χ2n) is 9.85. The van der Waals surface area contributed by atoms with E-state index >= 15 is 4.39 Å². The molecular formula is C30H33F5O3. The van der Waals surface area contributed by atoms with Gasteiger partial charge in [-0.05, 0) is 54.0 Å². The topological polar surface area (TPSA) is 27.7 Å². The number of halogens is 5. The van der Waals surface area contributed by atoms with Crippen molar-refractivity contribution in [1.29, 1.82) is 0 Å². The highest BCUT2D eigenvalue weighted by molar-refractivity contribution is 5.84. The van der Waals surface area contributed by atoms with Gasteiger partial charge < -0.3 is 14.2 Å². The fourth-order valence-corrected chi connectivity index (χ4v) is 4.87. The molecule has 0 N–H and O–H groups in total. The molecule has 8 heteroatoms. The van der Waals surface area contributed by atoms with E-state index < -0.39 is 36.1 Å². The maximum atomic E-state index is 15.2. The third-order valence-corrected chi connectivity index (χ3v) is 6.96. The van der Waals surface area contributed by atoms with E-state index in [9.17, 15) is 17.6 Å². The summed E-state index contributed by atoms with van der Waals surface area (Å²) < 4.78 is 83.7. The van der Waals surface area contributed by atoms with Crippen molar-refractivity contribution in [1.82, 2.24) is 0 Å². The summed E-state index contributed by atoms with van der Waals surface area (Å²) >= 11 is 0. The quantitative estimate of drug-likeness (QED) is 0.171. The number of rotatable bonds is 12. The lowest BCUT2D eigenvalue weighted by Gasteiger charge is -2.30. The van der Waals surface area contributed by atoms with Crippen LogP contribution in [0.5, 0.6) is 5.75 Å². The maximum Gasteiger partial charge on any atom is 0.387 e. The predicted molar refractivity (Wildman–Crippen MR) is 136 cm³/mol. The first-order chi connectivity index (χ1) is 18.4. The van der Waals surface area contributed by atoms with Crippen molar-refractivity contribution in [3.05, 3.63) is 76.6 Å². The number of unbranched alkanes of at least 4 members (excludes halogenated alkanes) is 4. The van der Waals surface area contributed by atoms with Gasteiger partial charge in [0.15, 0.2) is 23.7 Å². The van der Waals surface area contributed by atoms with Crippen LogP contribution in [0.3, 0.4) is 0 Å². The van der Waals surface area contributed by atoms with Gasteiger partial charge in [-0.3, -0.25) is 0 Å². The van der Waals surface area contributed by atoms with Gasteiger partial charge in [-0.25, -0.2) is 13.2 Å². The van der Waals surface area contributed by atoms with Gasteiger partial charge in [0.05, 0.1) is 13.2 Å². The van der Waals surface area contributed by atoms with Crippen molar-refractivity contribution in [2.45, 2.75) is 71.2 Å². The molecule has 1 aliphatic rings. The Morgan fingerprint density at radius 1 is 0.868 bits per heavy atom. The van der Waals surface area contributed by atoms with Crippen molar-refractivity contribution in [2.24, 2.45) is 5.92 Å². The number of benzene rings is 3. The molecule has 1 fully saturated rings. The van der Waals surface area contributed by atoms with Crippen LogP contribution in [0.25, 0.3) is 10.8 Å². The van der Waals surface area contributed by atoms with Crippen LogP contribution >= 0.6 is 0 Å². The molecule has 38 heavy (non-hydrogen) atoms. The van der Waals surface area contributed by atoms with Crippen molar-refractivity contribution in [3.8, 4) is 5.75 Å². The molecule has 0 radical (unpaired) electrons. The minimum atomic E-state index is -3.34. The highest BCUT2D eigenvalue weighted by atomic mass is 19.3. The van der Waals surface area contributed by atoms with Crippen LogP contribution in [-0.4, -0.2) is 19.8 Å². The molecule has 3 aromatic rings. The van der Waals surface area contributed by atoms with Crippen LogP contribution in [0.4, 0.5) is 22.0 Å². The largest absolute Gasteiger partial charge is 0.429 e. The lowest BCUT2D eigenvalue weighted by atomic mass is 9.98. The van der Waals surface area contributed by atoms with Gasteiger partial charge in [-0.15, -0.1) is 0 Å². The summed E-state index contributed by atoms with van der Waals surface area (Å²) in [4.78, 5) is 0. The zero-order valence-electron chi connectivity index (χ0n) is 21.5. The smallest absolute Gasteiger partial charge is 0.387 e. The first kappa shape index (κ1) is 28.3. The monoisotopic (exact) mass is 536 g/mol. The third kappa shape index (κ3) is 7.23. The molecule has 0 atom stereocenters. The number of fused-ring (bicyclic) bond motifs is 1. The van der Waals surface area contributed by atoms with Gasteiger partial charge in [0.25, 0.3) is 0 Å². The molecule has 0 aliphatic carbocycles. The van der Waals surface area contributed by atoms with Gasteiger partial charge >= 0.3 is 6.61 Å². The van der Waals surface area contributed by atoms with E-state index in [4.69, 9.17) is 9.47 Å². The van der Waals surface area contributed by atoms with E-state index in [1.807, 2.05) is 6.07 Å². The van der Waals surface area contributed by atoms with E-state index in [-0.39, 0.29) is 18.4 Å². The molecule has 0 saturated carbocycles. The van der Waals surface area contributed by atoms with E-state index in [1.165, 1.54) is 32.1 Å². The van der Waals surface area contributed by atoms with Crippen molar-refractivity contribution in [3.63, 3.8) is 0 Å². The van der Waals surface area contributed by atoms with Gasteiger partial charge in [0.1, 0.15) is 5.82 Å². The summed E-state index contributed by atoms with van der Waals surface area (Å²) in [6.07, 6.45) is 7.10. The highest BCUT2D eigenvalue weighted by Gasteiger charge is 2.24. The fourth-order valence-electron chi connectivity index (χ4n) is 4.87. The zero-order valence-corrected chi connectivity index (χ0v) is 21.5. The molecule has 3 aromatic carbocycles. The fraction of sp³-hybridized carbons (Fsp3) is 0.467. The van der Waals surface area contributed by atoms with Crippen molar-refractivity contribution < 1.29 is 36.2 Å². The molecule has 0 bridgehead atoms. The van der Waals surface area contributed by atoms with Crippen LogP contribution < -0.4 is 4.74 Å². The SMILES string of the molecule is CCCCCCCC1COC(c2ccc3c(F)c(CCc4cc(F)c(OC(F)F)c(F)c4)ccc3c2)OC1. The molecule has 206 valence electrons. The molecule has 1 heterocycles. The van der Waals surface area contributed by atoms with Crippen LogP contribution in [-0.2, 0) is 22.3 Å². The number of hydrogen-bond acceptors (Lipinski definition) is 3. The molecule has 0 spiro atoms. The molecule has 0 aromatic heterocycles. The first-order valence-electron chi connectivity index (χ1n) is 13.2. The Bertz CT molecular complexity index is 1180. The van der Waals surface area contributed by atoms with Crippen molar-refractivity contribution in [2.75, 3.05) is 13.2 Å². The molecule has 0 amide bonds. The second kappa shape index (κ2) is 13.4. The van der Waals surface area contributed by atoms with E-state index in [0.717, 1.165) is 24.1 Å². The van der Waals surface area contributed by atoms with Gasteiger partial charge in [0, 0.05) is 16.9 Å². The Kier molecular flexibility index (Phi) is 9.97. The lowest BCUT2D eigenvalue weighted by molar-refractivity contribution is -0.206. The third-order valence-electron chi connectivity index (χ3n) is 6.96. The molecule has 0 unspecified atom stereocenters. The van der Waals surface area contributed by atoms with Crippen molar-refractivity contribution >= 4 is 10.8 Å². The average Bonchev–Trinajstić information content (AvgIpc) is 2.90. The second-order valence-corrected chi connectivity index (χ2v) is 9.85. The standard InChI is InChI=1S/C30H33F5O3/c1-2-3-4-5-6-7-20-17-36-29(37-18-20)23-12-13-24-22(16-23)11-10-21(27(24)33)9-8-19-14-25(31)28(26(32)15-19)38-30(34)35/h10-16,20,29-30H,2-9,17-18H2,1H3. The first-order valence-corrected chi connectivity index (χ1v) is 13.2. The number of alkyl halides is 2. The minimum absolute atomic E-state index is 0.118. The average molecular weight is 537 g/mol. The molecule has 1 saturated heterocycles. The lowest BCUT2D eigenvalue weighted by Crippen LogP contribution is -2.27. The summed E-state index contributed by atoms with van der Waals surface area (Å²) in [7, 11) is 0. The molecule has 1 aliphatic heterocycles. The Balaban J connectivity index is 1.36. The Morgan fingerprint density at radius 3 is 2.26 bits per heavy atom. The summed E-state index contributed by atoms with van der Waals surface area (Å²) in [5, 5.41) is 1.12. The van der Waals surface area contributed by atoms with E-state index in [1.54, 1.807) is 24.3 Å². The van der Waals surface area contributed by atoms with Crippen LogP contribution in [0.1, 0.15) is 68.4 Å². The Hall–Kier alpha value is -2.71. The van der Waals surface area contributed by atoms with Crippen LogP contribution in [0.2, 0.25) is 0 Å². The number of ether oxygens (including phenoxy) is 3. The van der Waals surface area contributed by atoms with Crippen LogP contribution in [0, 0.1) is 23.4 Å². The molecule has 3 nitrogen and oxygen atoms in total. The van der Waals surface area contributed by atoms with Gasteiger partial charge in [0.2, 0.25) is 0 Å². The molecular weight excluding hydrogens is 503 g/mol. The summed E-state index contributed by atoms with van der Waals surface area (Å²) in [5.41, 5.74) is 1.41. The minimum Gasteiger partial charge on any atom is -0.429 e. The van der Waals surface area contributed by atoms with Gasteiger partial charge in [-0.2, -0.15) is 8.78 Å². The normalized spacial score (nSPS) is 17.9. The summed E-state index contributed by atoms with van der Waals surface area (Å²) in [5.74, 6) is -3.60. The summed E-state index contributed by atoms with van der Waals surface area (Å²) in [6.45, 7) is 0.146. The predicted octanol–water partition coefficient (Wildman–Crippen LogP) is 8.67. The number of hydrogen-bond donors (Lipinski definition) is 0. The Morgan fingerprint density at radius 2 is 1.58 bits per heavy atom. The van der Waals surface area contributed by atoms with Gasteiger partial charge in [-0.1, -0.05) is 63.3 Å². The van der Waals surface area contributed by atoms with E-state index in [2.05, 4.69) is 11.7 Å². The van der Waals surface area contributed by atoms with Crippen LogP contribution in [0.15, 0.2) is 42.5 Å². The number of aryl methyl sites for hydroxylation is 2. The molecule has 4 rings (SSSR count). The Labute approximate surface area is 219 Å². The van der Waals surface area contributed by atoms with E-state index in [0.29, 0.717) is 35.5 Å².